The van der Waals surface area contributed by atoms with Gasteiger partial charge < -0.3 is 15.0 Å². The molecule has 2 aliphatic rings. The molecule has 2 aliphatic heterocycles. The molecule has 2 heterocycles. The first-order chi connectivity index (χ1) is 15.7. The van der Waals surface area contributed by atoms with Gasteiger partial charge in [-0.2, -0.15) is 0 Å². The molecule has 0 aliphatic carbocycles. The summed E-state index contributed by atoms with van der Waals surface area (Å²) in [5, 5.41) is 3.10. The summed E-state index contributed by atoms with van der Waals surface area (Å²) in [6, 6.07) is 16.7. The van der Waals surface area contributed by atoms with E-state index in [-0.39, 0.29) is 5.91 Å². The summed E-state index contributed by atoms with van der Waals surface area (Å²) in [7, 11) is 0. The van der Waals surface area contributed by atoms with Gasteiger partial charge in [0.1, 0.15) is 10.4 Å². The van der Waals surface area contributed by atoms with Crippen molar-refractivity contribution in [2.45, 2.75) is 17.7 Å². The first-order valence-electron chi connectivity index (χ1n) is 11.2. The fraction of sp³-hybridized carbons (Fsp3) is 0.400. The van der Waals surface area contributed by atoms with Crippen molar-refractivity contribution in [1.82, 2.24) is 10.2 Å². The summed E-state index contributed by atoms with van der Waals surface area (Å²) in [5.41, 5.74) is 3.29. The fourth-order valence-corrected chi connectivity index (χ4v) is 5.42. The first kappa shape index (κ1) is 23.4. The number of carbonyl (C=O) groups is 1. The third kappa shape index (κ3) is 6.42. The average Bonchev–Trinajstić information content (AvgIpc) is 2.84. The third-order valence-electron chi connectivity index (χ3n) is 5.91. The number of halogens is 1. The van der Waals surface area contributed by atoms with Crippen LogP contribution in [0.4, 0.5) is 5.69 Å². The Hall–Kier alpha value is -1.71. The summed E-state index contributed by atoms with van der Waals surface area (Å²) in [4.78, 5) is 18.7. The Morgan fingerprint density at radius 3 is 2.59 bits per heavy atom. The molecule has 2 aromatic rings. The zero-order valence-corrected chi connectivity index (χ0v) is 21.2. The maximum Gasteiger partial charge on any atom is 0.248 e. The second-order valence-electron chi connectivity index (χ2n) is 8.04. The minimum absolute atomic E-state index is 0.0792. The lowest BCUT2D eigenvalue weighted by Gasteiger charge is -2.36. The molecule has 4 rings (SSSR count). The van der Waals surface area contributed by atoms with Crippen molar-refractivity contribution in [3.8, 4) is 5.75 Å². The van der Waals surface area contributed by atoms with Gasteiger partial charge in [-0.15, -0.1) is 11.8 Å². The number of ether oxygens (including phenoxy) is 1. The first-order valence-corrected chi connectivity index (χ1v) is 13.7. The molecular formula is C25H30IN3O2S. The number of nitrogens with zero attached hydrogens (tertiary/aromatic N) is 2. The highest BCUT2D eigenvalue weighted by Crippen LogP contribution is 2.31. The Bertz CT molecular complexity index is 927. The van der Waals surface area contributed by atoms with Gasteiger partial charge in [-0.1, -0.05) is 18.2 Å². The minimum Gasteiger partial charge on any atom is -0.483 e. The number of thioether (sulfide) groups is 1. The van der Waals surface area contributed by atoms with Gasteiger partial charge in [0.15, 0.2) is 0 Å². The van der Waals surface area contributed by atoms with Crippen molar-refractivity contribution in [2.75, 3.05) is 54.5 Å². The van der Waals surface area contributed by atoms with Gasteiger partial charge in [-0.3, -0.25) is 9.69 Å². The Kier molecular flexibility index (Phi) is 8.76. The summed E-state index contributed by atoms with van der Waals surface area (Å²) in [6.07, 6.45) is 4.16. The summed E-state index contributed by atoms with van der Waals surface area (Å²) in [6.45, 7) is 6.11. The minimum atomic E-state index is 0.0792. The van der Waals surface area contributed by atoms with Gasteiger partial charge in [-0.25, -0.2) is 0 Å². The van der Waals surface area contributed by atoms with Crippen LogP contribution in [-0.4, -0.2) is 60.4 Å². The number of hydrogen-bond donors (Lipinski definition) is 1. The highest BCUT2D eigenvalue weighted by atomic mass is 127. The van der Waals surface area contributed by atoms with Crippen molar-refractivity contribution in [1.29, 1.82) is 0 Å². The molecule has 2 aromatic carbocycles. The van der Waals surface area contributed by atoms with E-state index in [9.17, 15) is 4.79 Å². The van der Waals surface area contributed by atoms with Crippen LogP contribution in [0.1, 0.15) is 18.4 Å². The largest absolute Gasteiger partial charge is 0.483 e. The molecular weight excluding hydrogens is 533 g/mol. The number of amides is 1. The van der Waals surface area contributed by atoms with Crippen molar-refractivity contribution in [3.05, 3.63) is 59.7 Å². The van der Waals surface area contributed by atoms with E-state index in [1.807, 2.05) is 18.2 Å². The highest BCUT2D eigenvalue weighted by molar-refractivity contribution is 14.1. The molecule has 0 bridgehead atoms. The van der Waals surface area contributed by atoms with Gasteiger partial charge in [0, 0.05) is 54.6 Å². The predicted octanol–water partition coefficient (Wildman–Crippen LogP) is 4.67. The topological polar surface area (TPSA) is 44.8 Å². The van der Waals surface area contributed by atoms with Crippen molar-refractivity contribution in [2.24, 2.45) is 0 Å². The SMILES string of the molecule is O=C(NCCCCN1CCN(c2ccc(OCI)cc2)CC1)C1=Cc2ccccc2SC1. The molecule has 0 radical (unpaired) electrons. The molecule has 1 fully saturated rings. The van der Waals surface area contributed by atoms with Gasteiger partial charge in [0.25, 0.3) is 0 Å². The number of nitrogens with one attached hydrogen (secondary N) is 1. The smallest absolute Gasteiger partial charge is 0.248 e. The molecule has 1 saturated heterocycles. The van der Waals surface area contributed by atoms with Gasteiger partial charge in [0.2, 0.25) is 5.91 Å². The number of unbranched alkanes of at least 4 members (excludes halogenated alkanes) is 1. The zero-order valence-electron chi connectivity index (χ0n) is 18.3. The van der Waals surface area contributed by atoms with Crippen LogP contribution in [0, 0.1) is 0 Å². The number of alkyl halides is 1. The van der Waals surface area contributed by atoms with E-state index in [1.54, 1.807) is 11.8 Å². The van der Waals surface area contributed by atoms with E-state index < -0.39 is 0 Å². The van der Waals surface area contributed by atoms with E-state index >= 15 is 0 Å². The number of hydrogen-bond acceptors (Lipinski definition) is 5. The van der Waals surface area contributed by atoms with Crippen LogP contribution in [0.2, 0.25) is 0 Å². The molecule has 0 unspecified atom stereocenters. The molecule has 7 heteroatoms. The average molecular weight is 564 g/mol. The second kappa shape index (κ2) is 12.0. The number of carbonyl (C=O) groups excluding carboxylic acids is 1. The van der Waals surface area contributed by atoms with Gasteiger partial charge in [0.05, 0.1) is 0 Å². The third-order valence-corrected chi connectivity index (χ3v) is 7.36. The van der Waals surface area contributed by atoms with Crippen LogP contribution in [0.5, 0.6) is 5.75 Å². The van der Waals surface area contributed by atoms with Crippen molar-refractivity contribution >= 4 is 52.0 Å². The molecule has 0 saturated carbocycles. The maximum atomic E-state index is 12.5. The van der Waals surface area contributed by atoms with Crippen LogP contribution in [0.15, 0.2) is 59.0 Å². The van der Waals surface area contributed by atoms with Crippen LogP contribution in [0.3, 0.4) is 0 Å². The molecule has 170 valence electrons. The Balaban J connectivity index is 1.12. The highest BCUT2D eigenvalue weighted by Gasteiger charge is 2.18. The number of fused-ring (bicyclic) bond motifs is 1. The number of rotatable bonds is 9. The maximum absolute atomic E-state index is 12.5. The zero-order chi connectivity index (χ0) is 22.2. The molecule has 0 spiro atoms. The van der Waals surface area contributed by atoms with Gasteiger partial charge >= 0.3 is 0 Å². The molecule has 1 amide bonds. The second-order valence-corrected chi connectivity index (χ2v) is 9.68. The molecule has 32 heavy (non-hydrogen) atoms. The number of anilines is 1. The molecule has 5 nitrogen and oxygen atoms in total. The van der Waals surface area contributed by atoms with Crippen LogP contribution < -0.4 is 15.0 Å². The summed E-state index contributed by atoms with van der Waals surface area (Å²) in [5.74, 6) is 1.76. The van der Waals surface area contributed by atoms with Crippen LogP contribution in [0.25, 0.3) is 6.08 Å². The lowest BCUT2D eigenvalue weighted by atomic mass is 10.1. The lowest BCUT2D eigenvalue weighted by Crippen LogP contribution is -2.46. The fourth-order valence-electron chi connectivity index (χ4n) is 4.07. The Labute approximate surface area is 208 Å². The summed E-state index contributed by atoms with van der Waals surface area (Å²) < 4.78 is 6.19. The van der Waals surface area contributed by atoms with E-state index in [0.29, 0.717) is 4.61 Å². The van der Waals surface area contributed by atoms with Crippen molar-refractivity contribution < 1.29 is 9.53 Å². The Morgan fingerprint density at radius 1 is 1.03 bits per heavy atom. The lowest BCUT2D eigenvalue weighted by molar-refractivity contribution is -0.117. The van der Waals surface area contributed by atoms with E-state index in [2.05, 4.69) is 74.1 Å². The van der Waals surface area contributed by atoms with Crippen LogP contribution in [-0.2, 0) is 4.79 Å². The number of piperazine rings is 1. The Morgan fingerprint density at radius 2 is 1.81 bits per heavy atom. The van der Waals surface area contributed by atoms with E-state index in [0.717, 1.165) is 74.7 Å². The normalized spacial score (nSPS) is 16.3. The summed E-state index contributed by atoms with van der Waals surface area (Å²) >= 11 is 3.95. The molecule has 1 N–H and O–H groups in total. The van der Waals surface area contributed by atoms with Crippen LogP contribution >= 0.6 is 34.4 Å². The number of benzene rings is 2. The molecule has 0 aromatic heterocycles. The van der Waals surface area contributed by atoms with E-state index in [1.165, 1.54) is 10.6 Å². The molecule has 0 atom stereocenters. The predicted molar refractivity (Wildman–Crippen MR) is 142 cm³/mol. The quantitative estimate of drug-likeness (QED) is 0.273. The van der Waals surface area contributed by atoms with Gasteiger partial charge in [-0.05, 0) is 83.9 Å². The van der Waals surface area contributed by atoms with Crippen molar-refractivity contribution in [3.63, 3.8) is 0 Å². The standard InChI is InChI=1S/C25H30IN3O2S/c26-19-31-23-9-7-22(8-10-23)29-15-13-28(14-16-29)12-4-3-11-27-25(30)21-17-20-5-1-2-6-24(20)32-18-21/h1-2,5-10,17H,3-4,11-16,18-19H2,(H,27,30). The monoisotopic (exact) mass is 563 g/mol. The van der Waals surface area contributed by atoms with E-state index in [4.69, 9.17) is 4.74 Å².